The van der Waals surface area contributed by atoms with Crippen LogP contribution in [0, 0.1) is 0 Å². The van der Waals surface area contributed by atoms with Crippen molar-refractivity contribution >= 4 is 38.6 Å². The molecule has 0 fully saturated rings. The number of aryl methyl sites for hydroxylation is 1. The molecule has 0 unspecified atom stereocenters. The van der Waals surface area contributed by atoms with Crippen LogP contribution in [0.3, 0.4) is 0 Å². The van der Waals surface area contributed by atoms with Crippen molar-refractivity contribution in [3.63, 3.8) is 0 Å². The van der Waals surface area contributed by atoms with Crippen LogP contribution < -0.4 is 16.7 Å². The molecular formula is C12H11BrN6O. The van der Waals surface area contributed by atoms with Gasteiger partial charge in [0.1, 0.15) is 5.39 Å². The molecule has 3 aromatic rings. The second-order valence-corrected chi connectivity index (χ2v) is 5.16. The molecule has 102 valence electrons. The number of nitrogen functional groups attached to an aromatic ring is 1. The van der Waals surface area contributed by atoms with E-state index in [1.54, 1.807) is 7.05 Å². The second-order valence-electron chi connectivity index (χ2n) is 4.25. The molecule has 3 rings (SSSR count). The second kappa shape index (κ2) is 4.64. The Hall–Kier alpha value is -2.35. The molecule has 8 heteroatoms. The van der Waals surface area contributed by atoms with E-state index in [1.165, 1.54) is 10.9 Å². The first-order valence-corrected chi connectivity index (χ1v) is 6.58. The molecular weight excluding hydrogens is 324 g/mol. The molecule has 0 radical (unpaired) electrons. The van der Waals surface area contributed by atoms with Crippen LogP contribution in [-0.4, -0.2) is 19.4 Å². The van der Waals surface area contributed by atoms with Crippen molar-refractivity contribution < 1.29 is 0 Å². The van der Waals surface area contributed by atoms with E-state index in [1.807, 2.05) is 24.3 Å². The zero-order valence-corrected chi connectivity index (χ0v) is 12.1. The van der Waals surface area contributed by atoms with Crippen molar-refractivity contribution in [2.45, 2.75) is 0 Å². The van der Waals surface area contributed by atoms with E-state index in [4.69, 9.17) is 5.84 Å². The fraction of sp³-hybridized carbons (Fsp3) is 0.0833. The van der Waals surface area contributed by atoms with Gasteiger partial charge in [-0.1, -0.05) is 15.9 Å². The van der Waals surface area contributed by atoms with Crippen LogP contribution >= 0.6 is 15.9 Å². The number of rotatable bonds is 2. The first kappa shape index (κ1) is 12.7. The summed E-state index contributed by atoms with van der Waals surface area (Å²) in [6.45, 7) is 0. The van der Waals surface area contributed by atoms with Gasteiger partial charge in [-0.2, -0.15) is 14.8 Å². The number of anilines is 2. The minimum absolute atomic E-state index is 0.258. The number of hydrogen-bond acceptors (Lipinski definition) is 5. The number of aromatic nitrogens is 4. The molecule has 2 aromatic heterocycles. The Kier molecular flexibility index (Phi) is 2.94. The van der Waals surface area contributed by atoms with Gasteiger partial charge >= 0.3 is 0 Å². The van der Waals surface area contributed by atoms with Crippen molar-refractivity contribution in [3.05, 3.63) is 45.3 Å². The lowest BCUT2D eigenvalue weighted by molar-refractivity contribution is 0.782. The Labute approximate surface area is 122 Å². The quantitative estimate of drug-likeness (QED) is 0.690. The highest BCUT2D eigenvalue weighted by Gasteiger charge is 2.12. The van der Waals surface area contributed by atoms with E-state index in [0.717, 1.165) is 14.8 Å². The van der Waals surface area contributed by atoms with Crippen LogP contribution in [0.15, 0.2) is 39.7 Å². The highest BCUT2D eigenvalue weighted by atomic mass is 79.9. The Morgan fingerprint density at radius 1 is 1.30 bits per heavy atom. The average Bonchev–Trinajstić information content (AvgIpc) is 2.80. The normalized spacial score (nSPS) is 10.9. The third kappa shape index (κ3) is 2.03. The highest BCUT2D eigenvalue weighted by Crippen LogP contribution is 2.18. The van der Waals surface area contributed by atoms with Gasteiger partial charge in [-0.25, -0.2) is 0 Å². The van der Waals surface area contributed by atoms with Gasteiger partial charge in [0.2, 0.25) is 5.95 Å². The Morgan fingerprint density at radius 2 is 2.00 bits per heavy atom. The number of nitrogens with zero attached hydrogens (tertiary/aromatic N) is 4. The van der Waals surface area contributed by atoms with Crippen molar-refractivity contribution in [3.8, 4) is 0 Å². The summed E-state index contributed by atoms with van der Waals surface area (Å²) in [6.07, 6.45) is 1.46. The molecule has 0 aliphatic heterocycles. The number of benzene rings is 1. The van der Waals surface area contributed by atoms with Gasteiger partial charge in [0.05, 0.1) is 6.20 Å². The van der Waals surface area contributed by atoms with Crippen LogP contribution in [-0.2, 0) is 7.05 Å². The number of hydrogen-bond donors (Lipinski definition) is 2. The fourth-order valence-electron chi connectivity index (χ4n) is 1.85. The Morgan fingerprint density at radius 3 is 2.70 bits per heavy atom. The molecule has 0 amide bonds. The van der Waals surface area contributed by atoms with E-state index in [-0.39, 0.29) is 11.5 Å². The summed E-state index contributed by atoms with van der Waals surface area (Å²) >= 11 is 3.36. The summed E-state index contributed by atoms with van der Waals surface area (Å²) in [4.78, 5) is 16.4. The molecule has 0 spiro atoms. The number of nitrogens with two attached hydrogens (primary N) is 1. The van der Waals surface area contributed by atoms with Crippen molar-refractivity contribution in [2.24, 2.45) is 7.05 Å². The lowest BCUT2D eigenvalue weighted by Crippen LogP contribution is -2.30. The van der Waals surface area contributed by atoms with E-state index in [0.29, 0.717) is 11.0 Å². The average molecular weight is 335 g/mol. The van der Waals surface area contributed by atoms with Crippen molar-refractivity contribution in [2.75, 3.05) is 11.2 Å². The van der Waals surface area contributed by atoms with E-state index < -0.39 is 0 Å². The molecule has 0 saturated carbocycles. The van der Waals surface area contributed by atoms with Crippen LogP contribution in [0.5, 0.6) is 0 Å². The largest absolute Gasteiger partial charge is 0.333 e. The third-order valence-corrected chi connectivity index (χ3v) is 3.43. The maximum atomic E-state index is 12.1. The summed E-state index contributed by atoms with van der Waals surface area (Å²) in [5.41, 5.74) is 0.917. The minimum Gasteiger partial charge on any atom is -0.333 e. The summed E-state index contributed by atoms with van der Waals surface area (Å²) in [6, 6.07) is 7.46. The highest BCUT2D eigenvalue weighted by molar-refractivity contribution is 9.10. The van der Waals surface area contributed by atoms with Crippen LogP contribution in [0.2, 0.25) is 0 Å². The zero-order chi connectivity index (χ0) is 14.3. The molecule has 0 bridgehead atoms. The van der Waals surface area contributed by atoms with Gasteiger partial charge in [0, 0.05) is 17.2 Å². The van der Waals surface area contributed by atoms with Crippen LogP contribution in [0.1, 0.15) is 0 Å². The molecule has 7 nitrogen and oxygen atoms in total. The lowest BCUT2D eigenvalue weighted by atomic mass is 10.3. The van der Waals surface area contributed by atoms with Gasteiger partial charge in [-0.05, 0) is 24.3 Å². The third-order valence-electron chi connectivity index (χ3n) is 2.90. The van der Waals surface area contributed by atoms with Gasteiger partial charge < -0.3 is 11.2 Å². The fourth-order valence-corrected chi connectivity index (χ4v) is 2.11. The van der Waals surface area contributed by atoms with Gasteiger partial charge in [0.15, 0.2) is 5.65 Å². The molecule has 0 aliphatic rings. The summed E-state index contributed by atoms with van der Waals surface area (Å²) in [5, 5.41) is 7.41. The topological polar surface area (TPSA) is 90.8 Å². The summed E-state index contributed by atoms with van der Waals surface area (Å²) in [7, 11) is 1.72. The van der Waals surface area contributed by atoms with Gasteiger partial charge in [-0.3, -0.25) is 9.48 Å². The minimum atomic E-state index is -0.345. The number of halogens is 1. The molecule has 3 N–H and O–H groups in total. The van der Waals surface area contributed by atoms with Gasteiger partial charge in [0.25, 0.3) is 5.56 Å². The lowest BCUT2D eigenvalue weighted by Gasteiger charge is -2.09. The molecule has 0 aliphatic carbocycles. The predicted molar refractivity (Wildman–Crippen MR) is 80.3 cm³/mol. The predicted octanol–water partition coefficient (Wildman–Crippen LogP) is 1.35. The Balaban J connectivity index is 2.11. The standard InChI is InChI=1S/C12H11BrN6O/c1-18-10-9(6-15-18)11(20)19(14)12(17-10)16-8-4-2-7(13)3-5-8/h2-6H,14H2,1H3,(H,16,17). The monoisotopic (exact) mass is 334 g/mol. The Bertz CT molecular complexity index is 836. The van der Waals surface area contributed by atoms with Gasteiger partial charge in [-0.15, -0.1) is 0 Å². The van der Waals surface area contributed by atoms with E-state index in [2.05, 4.69) is 31.3 Å². The summed E-state index contributed by atoms with van der Waals surface area (Å²) in [5.74, 6) is 6.03. The van der Waals surface area contributed by atoms with Crippen LogP contribution in [0.25, 0.3) is 11.0 Å². The van der Waals surface area contributed by atoms with E-state index >= 15 is 0 Å². The smallest absolute Gasteiger partial charge is 0.284 e. The maximum Gasteiger partial charge on any atom is 0.284 e. The molecule has 0 atom stereocenters. The number of fused-ring (bicyclic) bond motifs is 1. The summed E-state index contributed by atoms with van der Waals surface area (Å²) < 4.78 is 3.47. The molecule has 20 heavy (non-hydrogen) atoms. The molecule has 0 saturated heterocycles. The first-order chi connectivity index (χ1) is 9.56. The number of nitrogens with one attached hydrogen (secondary N) is 1. The zero-order valence-electron chi connectivity index (χ0n) is 10.5. The van der Waals surface area contributed by atoms with E-state index in [9.17, 15) is 4.79 Å². The maximum absolute atomic E-state index is 12.1. The first-order valence-electron chi connectivity index (χ1n) is 5.78. The molecule has 2 heterocycles. The molecule has 1 aromatic carbocycles. The van der Waals surface area contributed by atoms with Crippen LogP contribution in [0.4, 0.5) is 11.6 Å². The van der Waals surface area contributed by atoms with Crippen molar-refractivity contribution in [1.82, 2.24) is 19.4 Å². The van der Waals surface area contributed by atoms with Crippen molar-refractivity contribution in [1.29, 1.82) is 0 Å². The SMILES string of the molecule is Cn1ncc2c(=O)n(N)c(Nc3ccc(Br)cc3)nc21.